The Morgan fingerprint density at radius 2 is 1.66 bits per heavy atom. The van der Waals surface area contributed by atoms with E-state index in [2.05, 4.69) is 5.32 Å². The minimum absolute atomic E-state index is 0.00985. The fraction of sp³-hybridized carbons (Fsp3) is 0.333. The van der Waals surface area contributed by atoms with Crippen molar-refractivity contribution >= 4 is 39.1 Å². The van der Waals surface area contributed by atoms with E-state index in [1.165, 1.54) is 47.4 Å². The maximum absolute atomic E-state index is 14.0. The van der Waals surface area contributed by atoms with Gasteiger partial charge in [-0.2, -0.15) is 0 Å². The molecule has 0 aromatic heterocycles. The summed E-state index contributed by atoms with van der Waals surface area (Å²) in [5.41, 5.74) is 0.549. The topological polar surface area (TPSA) is 86.8 Å². The van der Waals surface area contributed by atoms with E-state index >= 15 is 0 Å². The first-order chi connectivity index (χ1) is 19.6. The highest BCUT2D eigenvalue weighted by Gasteiger charge is 2.34. The standard InChI is InChI=1S/C30H32ClF2N3O4S/c1-2-28(30(38)34-23-8-6-7-9-23)35(19-21-12-14-22(32)15-13-21)29(37)20-36(24-16-17-27(33)26(31)18-24)41(39,40)25-10-4-3-5-11-25/h3-5,10-18,23,28H,2,6-9,19-20H2,1H3,(H,34,38). The fourth-order valence-electron chi connectivity index (χ4n) is 4.96. The van der Waals surface area contributed by atoms with Gasteiger partial charge in [0.1, 0.15) is 24.2 Å². The maximum atomic E-state index is 14.0. The summed E-state index contributed by atoms with van der Waals surface area (Å²) in [6, 6.07) is 15.5. The molecule has 11 heteroatoms. The highest BCUT2D eigenvalue weighted by molar-refractivity contribution is 7.92. The molecule has 0 radical (unpaired) electrons. The number of nitrogens with one attached hydrogen (secondary N) is 1. The molecule has 2 amide bonds. The van der Waals surface area contributed by atoms with Gasteiger partial charge in [0.2, 0.25) is 11.8 Å². The van der Waals surface area contributed by atoms with Crippen LogP contribution in [0.15, 0.2) is 77.7 Å². The molecule has 218 valence electrons. The van der Waals surface area contributed by atoms with Crippen molar-refractivity contribution < 1.29 is 26.8 Å². The average molecular weight is 604 g/mol. The van der Waals surface area contributed by atoms with E-state index in [0.29, 0.717) is 5.56 Å². The lowest BCUT2D eigenvalue weighted by Crippen LogP contribution is -2.53. The molecule has 1 aliphatic rings. The number of sulfonamides is 1. The van der Waals surface area contributed by atoms with Crippen LogP contribution in [0.25, 0.3) is 0 Å². The molecule has 1 N–H and O–H groups in total. The molecular weight excluding hydrogens is 572 g/mol. The molecule has 0 bridgehead atoms. The molecule has 7 nitrogen and oxygen atoms in total. The summed E-state index contributed by atoms with van der Waals surface area (Å²) in [5.74, 6) is -2.20. The maximum Gasteiger partial charge on any atom is 0.264 e. The van der Waals surface area contributed by atoms with Crippen molar-refractivity contribution in [3.8, 4) is 0 Å². The SMILES string of the molecule is CCC(C(=O)NC1CCCC1)N(Cc1ccc(F)cc1)C(=O)CN(c1ccc(F)c(Cl)c1)S(=O)(=O)c1ccccc1. The first-order valence-electron chi connectivity index (χ1n) is 13.5. The van der Waals surface area contributed by atoms with E-state index < -0.39 is 40.2 Å². The fourth-order valence-corrected chi connectivity index (χ4v) is 6.56. The van der Waals surface area contributed by atoms with Crippen molar-refractivity contribution in [3.63, 3.8) is 0 Å². The Labute approximate surface area is 244 Å². The zero-order valence-corrected chi connectivity index (χ0v) is 24.2. The molecule has 3 aromatic carbocycles. The monoisotopic (exact) mass is 603 g/mol. The van der Waals surface area contributed by atoms with E-state index in [1.54, 1.807) is 25.1 Å². The lowest BCUT2D eigenvalue weighted by molar-refractivity contribution is -0.140. The Bertz CT molecular complexity index is 1470. The second-order valence-corrected chi connectivity index (χ2v) is 12.3. The number of halogens is 3. The molecule has 0 spiro atoms. The van der Waals surface area contributed by atoms with Crippen molar-refractivity contribution in [2.75, 3.05) is 10.8 Å². The highest BCUT2D eigenvalue weighted by atomic mass is 35.5. The number of hydrogen-bond acceptors (Lipinski definition) is 4. The Morgan fingerprint density at radius 1 is 1.00 bits per heavy atom. The van der Waals surface area contributed by atoms with Crippen molar-refractivity contribution in [1.29, 1.82) is 0 Å². The number of rotatable bonds is 11. The molecule has 0 aliphatic heterocycles. The zero-order valence-electron chi connectivity index (χ0n) is 22.6. The van der Waals surface area contributed by atoms with Gasteiger partial charge in [0.05, 0.1) is 15.6 Å². The van der Waals surface area contributed by atoms with Crippen LogP contribution in [-0.4, -0.2) is 43.8 Å². The molecule has 1 atom stereocenters. The number of hydrogen-bond donors (Lipinski definition) is 1. The third kappa shape index (κ3) is 7.42. The third-order valence-electron chi connectivity index (χ3n) is 7.15. The Kier molecular flexibility index (Phi) is 9.99. The number of amides is 2. The van der Waals surface area contributed by atoms with Gasteiger partial charge in [0, 0.05) is 12.6 Å². The van der Waals surface area contributed by atoms with Crippen LogP contribution in [0.1, 0.15) is 44.6 Å². The molecule has 3 aromatic rings. The van der Waals surface area contributed by atoms with Gasteiger partial charge in [-0.25, -0.2) is 17.2 Å². The quantitative estimate of drug-likeness (QED) is 0.306. The molecule has 1 unspecified atom stereocenters. The van der Waals surface area contributed by atoms with E-state index in [-0.39, 0.29) is 40.5 Å². The van der Waals surface area contributed by atoms with Gasteiger partial charge in [-0.05, 0) is 67.3 Å². The van der Waals surface area contributed by atoms with Gasteiger partial charge >= 0.3 is 0 Å². The van der Waals surface area contributed by atoms with Crippen molar-refractivity contribution in [2.45, 2.75) is 62.6 Å². The molecule has 1 saturated carbocycles. The van der Waals surface area contributed by atoms with Crippen LogP contribution in [0.2, 0.25) is 5.02 Å². The van der Waals surface area contributed by atoms with Gasteiger partial charge < -0.3 is 10.2 Å². The normalized spacial score (nSPS) is 14.4. The van der Waals surface area contributed by atoms with Crippen LogP contribution in [0.4, 0.5) is 14.5 Å². The predicted molar refractivity (Wildman–Crippen MR) is 154 cm³/mol. The van der Waals surface area contributed by atoms with E-state index in [4.69, 9.17) is 11.6 Å². The number of carbonyl (C=O) groups excluding carboxylic acids is 2. The van der Waals surface area contributed by atoms with Crippen LogP contribution >= 0.6 is 11.6 Å². The van der Waals surface area contributed by atoms with E-state index in [0.717, 1.165) is 42.1 Å². The minimum Gasteiger partial charge on any atom is -0.352 e. The first-order valence-corrected chi connectivity index (χ1v) is 15.3. The summed E-state index contributed by atoms with van der Waals surface area (Å²) in [7, 11) is -4.31. The summed E-state index contributed by atoms with van der Waals surface area (Å²) in [6.07, 6.45) is 3.98. The lowest BCUT2D eigenvalue weighted by Gasteiger charge is -2.33. The summed E-state index contributed by atoms with van der Waals surface area (Å²) in [6.45, 7) is 1.02. The second kappa shape index (κ2) is 13.4. The molecule has 0 saturated heterocycles. The smallest absolute Gasteiger partial charge is 0.264 e. The summed E-state index contributed by atoms with van der Waals surface area (Å²) in [5, 5.41) is 2.72. The van der Waals surface area contributed by atoms with Crippen LogP contribution < -0.4 is 9.62 Å². The Hall–Kier alpha value is -3.50. The van der Waals surface area contributed by atoms with Gasteiger partial charge in [-0.15, -0.1) is 0 Å². The van der Waals surface area contributed by atoms with Crippen molar-refractivity contribution in [1.82, 2.24) is 10.2 Å². The van der Waals surface area contributed by atoms with E-state index in [1.807, 2.05) is 0 Å². The van der Waals surface area contributed by atoms with Gasteiger partial charge in [-0.1, -0.05) is 61.7 Å². The van der Waals surface area contributed by atoms with Gasteiger partial charge in [-0.3, -0.25) is 13.9 Å². The van der Waals surface area contributed by atoms with Crippen LogP contribution in [0.3, 0.4) is 0 Å². The third-order valence-corrected chi connectivity index (χ3v) is 9.23. The zero-order chi connectivity index (χ0) is 29.6. The van der Waals surface area contributed by atoms with Crippen molar-refractivity contribution in [2.24, 2.45) is 0 Å². The summed E-state index contributed by atoms with van der Waals surface area (Å²) in [4.78, 5) is 28.7. The van der Waals surface area contributed by atoms with Crippen LogP contribution in [-0.2, 0) is 26.2 Å². The molecule has 41 heavy (non-hydrogen) atoms. The summed E-state index contributed by atoms with van der Waals surface area (Å²) >= 11 is 5.99. The molecule has 1 fully saturated rings. The molecule has 4 rings (SSSR count). The van der Waals surface area contributed by atoms with Gasteiger partial charge in [0.25, 0.3) is 10.0 Å². The van der Waals surface area contributed by atoms with E-state index in [9.17, 15) is 26.8 Å². The Balaban J connectivity index is 1.72. The number of anilines is 1. The molecule has 1 aliphatic carbocycles. The molecular formula is C30H32ClF2N3O4S. The second-order valence-electron chi connectivity index (χ2n) is 9.99. The van der Waals surface area contributed by atoms with Crippen LogP contribution in [0, 0.1) is 11.6 Å². The van der Waals surface area contributed by atoms with Gasteiger partial charge in [0.15, 0.2) is 0 Å². The summed E-state index contributed by atoms with van der Waals surface area (Å²) < 4.78 is 56.0. The Morgan fingerprint density at radius 3 is 2.27 bits per heavy atom. The van der Waals surface area contributed by atoms with Crippen LogP contribution in [0.5, 0.6) is 0 Å². The largest absolute Gasteiger partial charge is 0.352 e. The molecule has 0 heterocycles. The first kappa shape index (κ1) is 30.5. The number of carbonyl (C=O) groups is 2. The predicted octanol–water partition coefficient (Wildman–Crippen LogP) is 5.68. The highest BCUT2D eigenvalue weighted by Crippen LogP contribution is 2.28. The number of nitrogens with zero attached hydrogens (tertiary/aromatic N) is 2. The average Bonchev–Trinajstić information content (AvgIpc) is 3.47. The number of benzene rings is 3. The van der Waals surface area contributed by atoms with Crippen molar-refractivity contribution in [3.05, 3.63) is 95.0 Å². The lowest BCUT2D eigenvalue weighted by atomic mass is 10.1. The minimum atomic E-state index is -4.31.